The molecule has 0 saturated carbocycles. The summed E-state index contributed by atoms with van der Waals surface area (Å²) < 4.78 is 0. The standard InChI is InChI=1S/C13H23N3O2S/c1-2-11-10-16(8-9-19-11)13(18)12(17)15-6-3-4-14-5-7-15/h11,14H,2-10H2,1H3. The Labute approximate surface area is 119 Å². The van der Waals surface area contributed by atoms with Crippen molar-refractivity contribution in [3.63, 3.8) is 0 Å². The van der Waals surface area contributed by atoms with E-state index in [0.717, 1.165) is 38.2 Å². The molecule has 2 rings (SSSR count). The average molecular weight is 285 g/mol. The van der Waals surface area contributed by atoms with Crippen molar-refractivity contribution in [2.24, 2.45) is 0 Å². The molecule has 2 fully saturated rings. The molecule has 0 aromatic carbocycles. The number of carbonyl (C=O) groups is 2. The van der Waals surface area contributed by atoms with Crippen LogP contribution in [0.15, 0.2) is 0 Å². The molecular weight excluding hydrogens is 262 g/mol. The second-order valence-electron chi connectivity index (χ2n) is 5.05. The molecule has 0 aromatic heterocycles. The van der Waals surface area contributed by atoms with Crippen LogP contribution in [0.25, 0.3) is 0 Å². The first-order valence-electron chi connectivity index (χ1n) is 7.13. The highest BCUT2D eigenvalue weighted by atomic mass is 32.2. The van der Waals surface area contributed by atoms with Gasteiger partial charge in [-0.15, -0.1) is 0 Å². The summed E-state index contributed by atoms with van der Waals surface area (Å²) in [7, 11) is 0. The van der Waals surface area contributed by atoms with Crippen molar-refractivity contribution in [2.45, 2.75) is 25.0 Å². The summed E-state index contributed by atoms with van der Waals surface area (Å²) in [5, 5.41) is 3.73. The van der Waals surface area contributed by atoms with Crippen molar-refractivity contribution < 1.29 is 9.59 Å². The fraction of sp³-hybridized carbons (Fsp3) is 0.846. The number of hydrogen-bond donors (Lipinski definition) is 1. The minimum Gasteiger partial charge on any atom is -0.333 e. The van der Waals surface area contributed by atoms with Gasteiger partial charge in [0.1, 0.15) is 0 Å². The zero-order chi connectivity index (χ0) is 13.7. The summed E-state index contributed by atoms with van der Waals surface area (Å²) >= 11 is 1.91. The number of nitrogens with one attached hydrogen (secondary N) is 1. The molecule has 6 heteroatoms. The second kappa shape index (κ2) is 7.14. The Morgan fingerprint density at radius 3 is 2.74 bits per heavy atom. The van der Waals surface area contributed by atoms with Crippen LogP contribution in [0.3, 0.4) is 0 Å². The molecule has 0 spiro atoms. The molecule has 2 amide bonds. The molecule has 2 aliphatic rings. The van der Waals surface area contributed by atoms with E-state index in [1.54, 1.807) is 9.80 Å². The van der Waals surface area contributed by atoms with E-state index in [4.69, 9.17) is 0 Å². The van der Waals surface area contributed by atoms with Gasteiger partial charge < -0.3 is 15.1 Å². The molecule has 5 nitrogen and oxygen atoms in total. The number of rotatable bonds is 1. The molecule has 0 radical (unpaired) electrons. The van der Waals surface area contributed by atoms with Crippen LogP contribution in [-0.2, 0) is 9.59 Å². The van der Waals surface area contributed by atoms with E-state index < -0.39 is 0 Å². The highest BCUT2D eigenvalue weighted by Gasteiger charge is 2.30. The van der Waals surface area contributed by atoms with Gasteiger partial charge in [-0.3, -0.25) is 9.59 Å². The van der Waals surface area contributed by atoms with Crippen molar-refractivity contribution in [1.82, 2.24) is 15.1 Å². The van der Waals surface area contributed by atoms with Crippen molar-refractivity contribution in [3.05, 3.63) is 0 Å². The molecule has 0 aliphatic carbocycles. The van der Waals surface area contributed by atoms with Gasteiger partial charge in [0.15, 0.2) is 0 Å². The predicted octanol–water partition coefficient (Wildman–Crippen LogP) is 0.162. The molecule has 1 unspecified atom stereocenters. The fourth-order valence-corrected chi connectivity index (χ4v) is 3.65. The minimum absolute atomic E-state index is 0.305. The number of amides is 2. The zero-order valence-corrected chi connectivity index (χ0v) is 12.4. The zero-order valence-electron chi connectivity index (χ0n) is 11.6. The smallest absolute Gasteiger partial charge is 0.312 e. The molecular formula is C13H23N3O2S. The van der Waals surface area contributed by atoms with Gasteiger partial charge in [-0.2, -0.15) is 11.8 Å². The fourth-order valence-electron chi connectivity index (χ4n) is 2.47. The first-order chi connectivity index (χ1) is 9.22. The van der Waals surface area contributed by atoms with E-state index >= 15 is 0 Å². The van der Waals surface area contributed by atoms with E-state index in [9.17, 15) is 9.59 Å². The van der Waals surface area contributed by atoms with E-state index in [0.29, 0.717) is 24.9 Å². The maximum absolute atomic E-state index is 12.3. The molecule has 1 N–H and O–H groups in total. The van der Waals surface area contributed by atoms with Gasteiger partial charge in [-0.25, -0.2) is 0 Å². The number of hydrogen-bond acceptors (Lipinski definition) is 4. The maximum Gasteiger partial charge on any atom is 0.312 e. The van der Waals surface area contributed by atoms with Crippen LogP contribution in [-0.4, -0.2) is 71.9 Å². The summed E-state index contributed by atoms with van der Waals surface area (Å²) in [6, 6.07) is 0. The van der Waals surface area contributed by atoms with Gasteiger partial charge in [0.05, 0.1) is 0 Å². The summed E-state index contributed by atoms with van der Waals surface area (Å²) in [5.41, 5.74) is 0. The molecule has 0 bridgehead atoms. The van der Waals surface area contributed by atoms with Crippen LogP contribution in [0.4, 0.5) is 0 Å². The largest absolute Gasteiger partial charge is 0.333 e. The first kappa shape index (κ1) is 14.7. The number of nitrogens with zero attached hydrogens (tertiary/aromatic N) is 2. The van der Waals surface area contributed by atoms with Crippen molar-refractivity contribution in [2.75, 3.05) is 45.0 Å². The van der Waals surface area contributed by atoms with Gasteiger partial charge in [-0.1, -0.05) is 6.92 Å². The lowest BCUT2D eigenvalue weighted by Crippen LogP contribution is -2.50. The molecule has 19 heavy (non-hydrogen) atoms. The van der Waals surface area contributed by atoms with Crippen molar-refractivity contribution in [1.29, 1.82) is 0 Å². The van der Waals surface area contributed by atoms with Crippen LogP contribution in [0, 0.1) is 0 Å². The third kappa shape index (κ3) is 3.86. The Kier molecular flexibility index (Phi) is 5.51. The lowest BCUT2D eigenvalue weighted by Gasteiger charge is -2.32. The highest BCUT2D eigenvalue weighted by Crippen LogP contribution is 2.21. The van der Waals surface area contributed by atoms with Gasteiger partial charge >= 0.3 is 11.8 Å². The van der Waals surface area contributed by atoms with Gasteiger partial charge in [0, 0.05) is 43.7 Å². The van der Waals surface area contributed by atoms with E-state index in [-0.39, 0.29) is 11.8 Å². The van der Waals surface area contributed by atoms with Gasteiger partial charge in [0.2, 0.25) is 0 Å². The third-order valence-corrected chi connectivity index (χ3v) is 5.06. The SMILES string of the molecule is CCC1CN(C(=O)C(=O)N2CCCNCC2)CCS1. The number of carbonyl (C=O) groups excluding carboxylic acids is 2. The van der Waals surface area contributed by atoms with Crippen molar-refractivity contribution in [3.8, 4) is 0 Å². The minimum atomic E-state index is -0.314. The average Bonchev–Trinajstić information content (AvgIpc) is 2.75. The van der Waals surface area contributed by atoms with Gasteiger partial charge in [0.25, 0.3) is 0 Å². The molecule has 0 aromatic rings. The molecule has 1 atom stereocenters. The Balaban J connectivity index is 1.92. The van der Waals surface area contributed by atoms with Crippen LogP contribution in [0.2, 0.25) is 0 Å². The maximum atomic E-state index is 12.3. The summed E-state index contributed by atoms with van der Waals surface area (Å²) in [5.74, 6) is 0.324. The summed E-state index contributed by atoms with van der Waals surface area (Å²) in [6.07, 6.45) is 1.97. The van der Waals surface area contributed by atoms with Crippen LogP contribution in [0.1, 0.15) is 19.8 Å². The highest BCUT2D eigenvalue weighted by molar-refractivity contribution is 8.00. The van der Waals surface area contributed by atoms with Crippen LogP contribution < -0.4 is 5.32 Å². The third-order valence-electron chi connectivity index (χ3n) is 3.69. The molecule has 2 saturated heterocycles. The van der Waals surface area contributed by atoms with Gasteiger partial charge in [-0.05, 0) is 19.4 Å². The Morgan fingerprint density at radius 2 is 1.95 bits per heavy atom. The lowest BCUT2D eigenvalue weighted by molar-refractivity contribution is -0.151. The van der Waals surface area contributed by atoms with Crippen LogP contribution >= 0.6 is 11.8 Å². The normalized spacial score (nSPS) is 25.0. The van der Waals surface area contributed by atoms with E-state index in [1.165, 1.54) is 0 Å². The second-order valence-corrected chi connectivity index (χ2v) is 6.46. The molecule has 2 aliphatic heterocycles. The Morgan fingerprint density at radius 1 is 1.16 bits per heavy atom. The first-order valence-corrected chi connectivity index (χ1v) is 8.17. The summed E-state index contributed by atoms with van der Waals surface area (Å²) in [4.78, 5) is 28.0. The van der Waals surface area contributed by atoms with Crippen LogP contribution in [0.5, 0.6) is 0 Å². The van der Waals surface area contributed by atoms with E-state index in [2.05, 4.69) is 12.2 Å². The van der Waals surface area contributed by atoms with E-state index in [1.807, 2.05) is 11.8 Å². The lowest BCUT2D eigenvalue weighted by atomic mass is 10.2. The molecule has 108 valence electrons. The quantitative estimate of drug-likeness (QED) is 0.698. The molecule has 2 heterocycles. The monoisotopic (exact) mass is 285 g/mol. The van der Waals surface area contributed by atoms with Crippen molar-refractivity contribution >= 4 is 23.6 Å². The Hall–Kier alpha value is -0.750. The topological polar surface area (TPSA) is 52.7 Å². The summed E-state index contributed by atoms with van der Waals surface area (Å²) in [6.45, 7) is 6.61. The predicted molar refractivity (Wildman–Crippen MR) is 77.2 cm³/mol. The number of thioether (sulfide) groups is 1. The Bertz CT molecular complexity index is 330.